The molecule has 1 aliphatic rings. The molecule has 0 aliphatic carbocycles. The third-order valence-electron chi connectivity index (χ3n) is 5.75. The van der Waals surface area contributed by atoms with Crippen LogP contribution in [0.1, 0.15) is 22.2 Å². The SMILES string of the molecule is CCN(CC(=O)Nc1ccc(N2CCOCC2)cc1)C(=O)c1sccc1-c1ccc(C)cc1. The second-order valence-electron chi connectivity index (χ2n) is 8.04. The molecule has 7 heteroatoms. The lowest BCUT2D eigenvalue weighted by Crippen LogP contribution is -2.37. The van der Waals surface area contributed by atoms with Crippen LogP contribution in [-0.4, -0.2) is 56.1 Å². The zero-order valence-corrected chi connectivity index (χ0v) is 19.9. The highest BCUT2D eigenvalue weighted by Gasteiger charge is 2.22. The van der Waals surface area contributed by atoms with Gasteiger partial charge in [0.05, 0.1) is 18.1 Å². The van der Waals surface area contributed by atoms with Crippen LogP contribution in [0.4, 0.5) is 11.4 Å². The number of ether oxygens (including phenoxy) is 1. The lowest BCUT2D eigenvalue weighted by molar-refractivity contribution is -0.116. The van der Waals surface area contributed by atoms with Crippen LogP contribution in [0.3, 0.4) is 0 Å². The van der Waals surface area contributed by atoms with E-state index in [-0.39, 0.29) is 18.4 Å². The van der Waals surface area contributed by atoms with Gasteiger partial charge in [-0.25, -0.2) is 0 Å². The minimum Gasteiger partial charge on any atom is -0.378 e. The van der Waals surface area contributed by atoms with Gasteiger partial charge in [0, 0.05) is 36.6 Å². The minimum atomic E-state index is -0.210. The Hall–Kier alpha value is -3.16. The molecule has 0 atom stereocenters. The number of morpholine rings is 1. The predicted octanol–water partition coefficient (Wildman–Crippen LogP) is 4.66. The van der Waals surface area contributed by atoms with Crippen molar-refractivity contribution >= 4 is 34.5 Å². The fourth-order valence-electron chi connectivity index (χ4n) is 3.86. The average Bonchev–Trinajstić information content (AvgIpc) is 3.33. The number of anilines is 2. The van der Waals surface area contributed by atoms with Crippen molar-refractivity contribution in [1.82, 2.24) is 4.90 Å². The van der Waals surface area contributed by atoms with Crippen LogP contribution in [-0.2, 0) is 9.53 Å². The molecule has 2 heterocycles. The van der Waals surface area contributed by atoms with Gasteiger partial charge in [-0.3, -0.25) is 9.59 Å². The third kappa shape index (κ3) is 5.61. The van der Waals surface area contributed by atoms with Crippen LogP contribution < -0.4 is 10.2 Å². The molecule has 6 nitrogen and oxygen atoms in total. The van der Waals surface area contributed by atoms with Crippen LogP contribution in [0.15, 0.2) is 60.0 Å². The monoisotopic (exact) mass is 463 g/mol. The maximum Gasteiger partial charge on any atom is 0.265 e. The summed E-state index contributed by atoms with van der Waals surface area (Å²) in [6, 6.07) is 17.9. The summed E-state index contributed by atoms with van der Waals surface area (Å²) < 4.78 is 5.40. The highest BCUT2D eigenvalue weighted by molar-refractivity contribution is 7.12. The van der Waals surface area contributed by atoms with Crippen molar-refractivity contribution in [3.8, 4) is 11.1 Å². The average molecular weight is 464 g/mol. The van der Waals surface area contributed by atoms with E-state index in [4.69, 9.17) is 4.74 Å². The van der Waals surface area contributed by atoms with Crippen molar-refractivity contribution in [2.75, 3.05) is 49.6 Å². The number of likely N-dealkylation sites (N-methyl/N-ethyl adjacent to an activating group) is 1. The number of nitrogens with zero attached hydrogens (tertiary/aromatic N) is 2. The van der Waals surface area contributed by atoms with E-state index >= 15 is 0 Å². The van der Waals surface area contributed by atoms with Gasteiger partial charge in [0.15, 0.2) is 0 Å². The molecule has 4 rings (SSSR count). The van der Waals surface area contributed by atoms with Gasteiger partial charge >= 0.3 is 0 Å². The minimum absolute atomic E-state index is 0.00574. The first-order valence-electron chi connectivity index (χ1n) is 11.2. The molecule has 1 N–H and O–H groups in total. The van der Waals surface area contributed by atoms with Gasteiger partial charge in [0.1, 0.15) is 6.54 Å². The summed E-state index contributed by atoms with van der Waals surface area (Å²) in [6.45, 7) is 7.58. The highest BCUT2D eigenvalue weighted by atomic mass is 32.1. The molecule has 1 saturated heterocycles. The molecule has 2 amide bonds. The van der Waals surface area contributed by atoms with E-state index in [1.54, 1.807) is 4.90 Å². The van der Waals surface area contributed by atoms with Crippen molar-refractivity contribution in [2.24, 2.45) is 0 Å². The standard InChI is InChI=1S/C26H29N3O3S/c1-3-28(26(31)25-23(12-17-33-25)20-6-4-19(2)5-7-20)18-24(30)27-21-8-10-22(11-9-21)29-13-15-32-16-14-29/h4-12,17H,3,13-16,18H2,1-2H3,(H,27,30). The van der Waals surface area contributed by atoms with Gasteiger partial charge in [-0.15, -0.1) is 11.3 Å². The molecule has 172 valence electrons. The Morgan fingerprint density at radius 2 is 1.73 bits per heavy atom. The molecule has 1 fully saturated rings. The van der Waals surface area contributed by atoms with Gasteiger partial charge in [-0.1, -0.05) is 29.8 Å². The van der Waals surface area contributed by atoms with E-state index in [2.05, 4.69) is 10.2 Å². The lowest BCUT2D eigenvalue weighted by atomic mass is 10.0. The second kappa shape index (κ2) is 10.6. The maximum atomic E-state index is 13.2. The zero-order chi connectivity index (χ0) is 23.2. The Morgan fingerprint density at radius 3 is 2.39 bits per heavy atom. The largest absolute Gasteiger partial charge is 0.378 e. The molecule has 0 spiro atoms. The number of carbonyl (C=O) groups excluding carboxylic acids is 2. The maximum absolute atomic E-state index is 13.2. The van der Waals surface area contributed by atoms with Crippen LogP contribution in [0.2, 0.25) is 0 Å². The first-order valence-corrected chi connectivity index (χ1v) is 12.1. The van der Waals surface area contributed by atoms with Crippen molar-refractivity contribution in [3.05, 3.63) is 70.4 Å². The first kappa shape index (κ1) is 23.0. The van der Waals surface area contributed by atoms with E-state index in [0.29, 0.717) is 11.4 Å². The Balaban J connectivity index is 1.39. The molecule has 3 aromatic rings. The van der Waals surface area contributed by atoms with Crippen molar-refractivity contribution in [2.45, 2.75) is 13.8 Å². The third-order valence-corrected chi connectivity index (χ3v) is 6.66. The Bertz CT molecular complexity index is 1090. The molecule has 0 unspecified atom stereocenters. The smallest absolute Gasteiger partial charge is 0.265 e. The normalized spacial score (nSPS) is 13.6. The lowest BCUT2D eigenvalue weighted by Gasteiger charge is -2.29. The number of amides is 2. The molecular weight excluding hydrogens is 434 g/mol. The van der Waals surface area contributed by atoms with Crippen molar-refractivity contribution < 1.29 is 14.3 Å². The summed E-state index contributed by atoms with van der Waals surface area (Å²) in [5, 5.41) is 4.84. The topological polar surface area (TPSA) is 61.9 Å². The molecular formula is C26H29N3O3S. The second-order valence-corrected chi connectivity index (χ2v) is 8.96. The summed E-state index contributed by atoms with van der Waals surface area (Å²) in [5.41, 5.74) is 4.92. The van der Waals surface area contributed by atoms with Crippen LogP contribution in [0.25, 0.3) is 11.1 Å². The Kier molecular flexibility index (Phi) is 7.42. The number of hydrogen-bond donors (Lipinski definition) is 1. The zero-order valence-electron chi connectivity index (χ0n) is 19.0. The van der Waals surface area contributed by atoms with Gasteiger partial charge in [0.25, 0.3) is 5.91 Å². The highest BCUT2D eigenvalue weighted by Crippen LogP contribution is 2.30. The van der Waals surface area contributed by atoms with Gasteiger partial charge in [-0.2, -0.15) is 0 Å². The van der Waals surface area contributed by atoms with E-state index < -0.39 is 0 Å². The summed E-state index contributed by atoms with van der Waals surface area (Å²) in [7, 11) is 0. The number of carbonyl (C=O) groups is 2. The van der Waals surface area contributed by atoms with Crippen LogP contribution in [0, 0.1) is 6.92 Å². The van der Waals surface area contributed by atoms with E-state index in [1.165, 1.54) is 16.9 Å². The number of hydrogen-bond acceptors (Lipinski definition) is 5. The Morgan fingerprint density at radius 1 is 1.03 bits per heavy atom. The van der Waals surface area contributed by atoms with Gasteiger partial charge < -0.3 is 19.9 Å². The van der Waals surface area contributed by atoms with E-state index in [1.807, 2.05) is 73.8 Å². The van der Waals surface area contributed by atoms with E-state index in [9.17, 15) is 9.59 Å². The first-order chi connectivity index (χ1) is 16.0. The quantitative estimate of drug-likeness (QED) is 0.554. The summed E-state index contributed by atoms with van der Waals surface area (Å²) in [4.78, 5) is 30.5. The molecule has 1 aromatic heterocycles. The number of nitrogens with one attached hydrogen (secondary N) is 1. The van der Waals surface area contributed by atoms with Crippen LogP contribution in [0.5, 0.6) is 0 Å². The molecule has 33 heavy (non-hydrogen) atoms. The molecule has 2 aromatic carbocycles. The summed E-state index contributed by atoms with van der Waals surface area (Å²) in [5.74, 6) is -0.335. The fourth-order valence-corrected chi connectivity index (χ4v) is 4.74. The number of rotatable bonds is 7. The molecule has 0 radical (unpaired) electrons. The summed E-state index contributed by atoms with van der Waals surface area (Å²) in [6.07, 6.45) is 0. The molecule has 0 bridgehead atoms. The number of thiophene rings is 1. The van der Waals surface area contributed by atoms with E-state index in [0.717, 1.165) is 48.8 Å². The fraction of sp³-hybridized carbons (Fsp3) is 0.308. The summed E-state index contributed by atoms with van der Waals surface area (Å²) >= 11 is 1.41. The number of aryl methyl sites for hydroxylation is 1. The van der Waals surface area contributed by atoms with Gasteiger partial charge in [0.2, 0.25) is 5.91 Å². The van der Waals surface area contributed by atoms with Crippen LogP contribution >= 0.6 is 11.3 Å². The van der Waals surface area contributed by atoms with Crippen molar-refractivity contribution in [3.63, 3.8) is 0 Å². The molecule has 0 saturated carbocycles. The van der Waals surface area contributed by atoms with Gasteiger partial charge in [-0.05, 0) is 55.1 Å². The number of benzene rings is 2. The molecule has 1 aliphatic heterocycles. The predicted molar refractivity (Wildman–Crippen MR) is 134 cm³/mol. The van der Waals surface area contributed by atoms with Crippen molar-refractivity contribution in [1.29, 1.82) is 0 Å². The Labute approximate surface area is 198 Å².